The summed E-state index contributed by atoms with van der Waals surface area (Å²) in [6.07, 6.45) is 1.41. The minimum absolute atomic E-state index is 0.0483. The molecule has 0 aliphatic heterocycles. The number of anilines is 1. The molecule has 0 fully saturated rings. The van der Waals surface area contributed by atoms with E-state index in [0.29, 0.717) is 5.82 Å². The molecule has 0 bridgehead atoms. The minimum atomic E-state index is -1.08. The zero-order valence-electron chi connectivity index (χ0n) is 10.9. The lowest BCUT2D eigenvalue weighted by atomic mass is 10.1. The number of aryl methyl sites for hydroxylation is 1. The molecule has 0 saturated heterocycles. The predicted molar refractivity (Wildman–Crippen MR) is 73.4 cm³/mol. The second kappa shape index (κ2) is 5.96. The van der Waals surface area contributed by atoms with E-state index in [9.17, 15) is 9.59 Å². The van der Waals surface area contributed by atoms with Gasteiger partial charge in [0.05, 0.1) is 12.1 Å². The van der Waals surface area contributed by atoms with Crippen LogP contribution >= 0.6 is 0 Å². The molecule has 0 aliphatic carbocycles. The van der Waals surface area contributed by atoms with Crippen molar-refractivity contribution in [3.05, 3.63) is 30.1 Å². The summed E-state index contributed by atoms with van der Waals surface area (Å²) in [5.74, 6) is -0.947. The normalized spacial score (nSPS) is 10.2. The fourth-order valence-corrected chi connectivity index (χ4v) is 1.71. The van der Waals surface area contributed by atoms with Crippen LogP contribution in [-0.2, 0) is 9.59 Å². The zero-order valence-corrected chi connectivity index (χ0v) is 10.9. The van der Waals surface area contributed by atoms with Gasteiger partial charge in [-0.1, -0.05) is 11.6 Å². The standard InChI is InChI=1S/C13H14N4O3/c1-8-2-3-10-9(4-8)13(17-7-16-10)15-5-11(18)14-6-12(19)20/h2-4,7H,5-6H2,1H3,(H,14,18)(H,19,20)(H,15,16,17). The monoisotopic (exact) mass is 274 g/mol. The summed E-state index contributed by atoms with van der Waals surface area (Å²) in [4.78, 5) is 30.0. The molecule has 2 rings (SSSR count). The maximum absolute atomic E-state index is 11.4. The van der Waals surface area contributed by atoms with Crippen molar-refractivity contribution in [2.45, 2.75) is 6.92 Å². The quantitative estimate of drug-likeness (QED) is 0.735. The van der Waals surface area contributed by atoms with Gasteiger partial charge in [-0.2, -0.15) is 0 Å². The molecule has 1 amide bonds. The lowest BCUT2D eigenvalue weighted by molar-refractivity contribution is -0.137. The van der Waals surface area contributed by atoms with E-state index in [-0.39, 0.29) is 6.54 Å². The number of carboxylic acids is 1. The second-order valence-electron chi connectivity index (χ2n) is 4.27. The highest BCUT2D eigenvalue weighted by Gasteiger charge is 2.07. The van der Waals surface area contributed by atoms with E-state index in [1.165, 1.54) is 6.33 Å². The summed E-state index contributed by atoms with van der Waals surface area (Å²) in [6, 6.07) is 5.74. The minimum Gasteiger partial charge on any atom is -0.480 e. The van der Waals surface area contributed by atoms with Crippen molar-refractivity contribution < 1.29 is 14.7 Å². The van der Waals surface area contributed by atoms with Crippen LogP contribution < -0.4 is 10.6 Å². The van der Waals surface area contributed by atoms with Gasteiger partial charge in [0.25, 0.3) is 0 Å². The molecule has 1 aromatic heterocycles. The molecule has 20 heavy (non-hydrogen) atoms. The predicted octanol–water partition coefficient (Wildman–Crippen LogP) is 0.551. The van der Waals surface area contributed by atoms with Gasteiger partial charge in [-0.3, -0.25) is 9.59 Å². The number of nitrogens with one attached hydrogen (secondary N) is 2. The first-order chi connectivity index (χ1) is 9.56. The van der Waals surface area contributed by atoms with Crippen LogP contribution in [0.1, 0.15) is 5.56 Å². The van der Waals surface area contributed by atoms with Crippen LogP contribution in [-0.4, -0.2) is 40.0 Å². The molecule has 0 saturated carbocycles. The van der Waals surface area contributed by atoms with Gasteiger partial charge in [0, 0.05) is 5.39 Å². The Balaban J connectivity index is 2.08. The first kappa shape index (κ1) is 13.7. The van der Waals surface area contributed by atoms with Crippen molar-refractivity contribution in [2.24, 2.45) is 0 Å². The van der Waals surface area contributed by atoms with Gasteiger partial charge < -0.3 is 15.7 Å². The van der Waals surface area contributed by atoms with E-state index >= 15 is 0 Å². The van der Waals surface area contributed by atoms with E-state index in [0.717, 1.165) is 16.5 Å². The molecule has 104 valence electrons. The Bertz CT molecular complexity index is 657. The smallest absolute Gasteiger partial charge is 0.322 e. The van der Waals surface area contributed by atoms with Crippen molar-refractivity contribution in [3.8, 4) is 0 Å². The van der Waals surface area contributed by atoms with Gasteiger partial charge in [0.1, 0.15) is 18.7 Å². The SMILES string of the molecule is Cc1ccc2ncnc(NCC(=O)NCC(=O)O)c2c1. The number of amides is 1. The molecular formula is C13H14N4O3. The number of benzene rings is 1. The third-order valence-electron chi connectivity index (χ3n) is 2.64. The molecule has 1 heterocycles. The molecule has 0 unspecified atom stereocenters. The highest BCUT2D eigenvalue weighted by Crippen LogP contribution is 2.19. The summed E-state index contributed by atoms with van der Waals surface area (Å²) in [5, 5.41) is 14.4. The number of carbonyl (C=O) groups is 2. The van der Waals surface area contributed by atoms with E-state index in [1.54, 1.807) is 0 Å². The summed E-state index contributed by atoms with van der Waals surface area (Å²) in [5.41, 5.74) is 1.84. The Morgan fingerprint density at radius 3 is 2.80 bits per heavy atom. The van der Waals surface area contributed by atoms with Gasteiger partial charge in [-0.25, -0.2) is 9.97 Å². The van der Waals surface area contributed by atoms with Crippen LogP contribution in [0.5, 0.6) is 0 Å². The fraction of sp³-hybridized carbons (Fsp3) is 0.231. The Kier molecular flexibility index (Phi) is 4.09. The highest BCUT2D eigenvalue weighted by molar-refractivity contribution is 5.91. The van der Waals surface area contributed by atoms with Crippen LogP contribution in [0.3, 0.4) is 0 Å². The first-order valence-electron chi connectivity index (χ1n) is 6.00. The lowest BCUT2D eigenvalue weighted by Gasteiger charge is -2.08. The maximum Gasteiger partial charge on any atom is 0.322 e. The van der Waals surface area contributed by atoms with Gasteiger partial charge >= 0.3 is 5.97 Å². The lowest BCUT2D eigenvalue weighted by Crippen LogP contribution is -2.34. The average molecular weight is 274 g/mol. The summed E-state index contributed by atoms with van der Waals surface area (Å²) >= 11 is 0. The van der Waals surface area contributed by atoms with Crippen molar-refractivity contribution in [1.29, 1.82) is 0 Å². The molecule has 3 N–H and O–H groups in total. The fourth-order valence-electron chi connectivity index (χ4n) is 1.71. The number of carbonyl (C=O) groups excluding carboxylic acids is 1. The van der Waals surface area contributed by atoms with Crippen molar-refractivity contribution in [3.63, 3.8) is 0 Å². The number of rotatable bonds is 5. The molecular weight excluding hydrogens is 260 g/mol. The molecule has 0 spiro atoms. The first-order valence-corrected chi connectivity index (χ1v) is 6.00. The summed E-state index contributed by atoms with van der Waals surface area (Å²) < 4.78 is 0. The number of nitrogens with zero attached hydrogens (tertiary/aromatic N) is 2. The molecule has 0 radical (unpaired) electrons. The van der Waals surface area contributed by atoms with Gasteiger partial charge in [-0.05, 0) is 19.1 Å². The third kappa shape index (κ3) is 3.41. The van der Waals surface area contributed by atoms with Crippen molar-refractivity contribution in [1.82, 2.24) is 15.3 Å². The molecule has 2 aromatic rings. The Morgan fingerprint density at radius 1 is 1.25 bits per heavy atom. The average Bonchev–Trinajstić information content (AvgIpc) is 2.42. The summed E-state index contributed by atoms with van der Waals surface area (Å²) in [7, 11) is 0. The number of aromatic nitrogens is 2. The Hall–Kier alpha value is -2.70. The third-order valence-corrected chi connectivity index (χ3v) is 2.64. The van der Waals surface area contributed by atoms with Crippen molar-refractivity contribution in [2.75, 3.05) is 18.4 Å². The molecule has 7 nitrogen and oxygen atoms in total. The second-order valence-corrected chi connectivity index (χ2v) is 4.27. The van der Waals surface area contributed by atoms with Crippen LogP contribution in [0.2, 0.25) is 0 Å². The Morgan fingerprint density at radius 2 is 2.05 bits per heavy atom. The zero-order chi connectivity index (χ0) is 14.5. The van der Waals surface area contributed by atoms with E-state index in [1.807, 2.05) is 25.1 Å². The van der Waals surface area contributed by atoms with Crippen molar-refractivity contribution >= 4 is 28.6 Å². The molecule has 7 heteroatoms. The van der Waals surface area contributed by atoms with E-state index < -0.39 is 18.4 Å². The maximum atomic E-state index is 11.4. The number of hydrogen-bond donors (Lipinski definition) is 3. The number of carboxylic acid groups (broad SMARTS) is 1. The largest absolute Gasteiger partial charge is 0.480 e. The molecule has 0 atom stereocenters. The van der Waals surface area contributed by atoms with Crippen LogP contribution in [0, 0.1) is 6.92 Å². The van der Waals surface area contributed by atoms with E-state index in [2.05, 4.69) is 20.6 Å². The molecule has 0 aliphatic rings. The Labute approximate surface area is 115 Å². The van der Waals surface area contributed by atoms with E-state index in [4.69, 9.17) is 5.11 Å². The highest BCUT2D eigenvalue weighted by atomic mass is 16.4. The van der Waals surface area contributed by atoms with Gasteiger partial charge in [-0.15, -0.1) is 0 Å². The number of hydrogen-bond acceptors (Lipinski definition) is 5. The van der Waals surface area contributed by atoms with Crippen LogP contribution in [0.25, 0.3) is 10.9 Å². The van der Waals surface area contributed by atoms with Crippen LogP contribution in [0.4, 0.5) is 5.82 Å². The van der Waals surface area contributed by atoms with Crippen LogP contribution in [0.15, 0.2) is 24.5 Å². The topological polar surface area (TPSA) is 104 Å². The van der Waals surface area contributed by atoms with Gasteiger partial charge in [0.2, 0.25) is 5.91 Å². The number of aliphatic carboxylic acids is 1. The molecule has 1 aromatic carbocycles. The van der Waals surface area contributed by atoms with Gasteiger partial charge in [0.15, 0.2) is 0 Å². The number of fused-ring (bicyclic) bond motifs is 1. The summed E-state index contributed by atoms with van der Waals surface area (Å²) in [6.45, 7) is 1.51.